The zero-order chi connectivity index (χ0) is 8.10. The van der Waals surface area contributed by atoms with Crippen molar-refractivity contribution in [2.24, 2.45) is 11.7 Å². The molecular weight excluding hydrogens is 178 g/mol. The Kier molecular flexibility index (Phi) is 6.76. The second-order valence-electron chi connectivity index (χ2n) is 3.26. The van der Waals surface area contributed by atoms with E-state index in [0.717, 1.165) is 26.1 Å². The molecule has 0 bridgehead atoms. The molecule has 1 heterocycles. The van der Waals surface area contributed by atoms with Crippen LogP contribution in [0.4, 0.5) is 0 Å². The van der Waals surface area contributed by atoms with Crippen LogP contribution in [0.2, 0.25) is 0 Å². The summed E-state index contributed by atoms with van der Waals surface area (Å²) in [5, 5.41) is 8.70. The van der Waals surface area contributed by atoms with Gasteiger partial charge in [-0.1, -0.05) is 0 Å². The zero-order valence-electron chi connectivity index (χ0n) is 7.24. The summed E-state index contributed by atoms with van der Waals surface area (Å²) in [5.74, 6) is 0.575. The Labute approximate surface area is 79.7 Å². The van der Waals surface area contributed by atoms with Crippen LogP contribution in [0, 0.1) is 5.92 Å². The summed E-state index contributed by atoms with van der Waals surface area (Å²) in [6, 6.07) is -0.0540. The van der Waals surface area contributed by atoms with Crippen molar-refractivity contribution in [3.63, 3.8) is 0 Å². The minimum atomic E-state index is -0.0540. The van der Waals surface area contributed by atoms with Crippen molar-refractivity contribution in [3.05, 3.63) is 0 Å². The van der Waals surface area contributed by atoms with Gasteiger partial charge >= 0.3 is 0 Å². The number of ether oxygens (including phenoxy) is 1. The number of halogens is 1. The summed E-state index contributed by atoms with van der Waals surface area (Å²) in [6.45, 7) is 1.81. The van der Waals surface area contributed by atoms with Crippen LogP contribution in [0.5, 0.6) is 0 Å². The lowest BCUT2D eigenvalue weighted by Crippen LogP contribution is -2.30. The molecule has 2 atom stereocenters. The third-order valence-electron chi connectivity index (χ3n) is 2.13. The predicted octanol–water partition coefficient (Wildman–Crippen LogP) is 0.544. The molecule has 0 amide bonds. The molecule has 1 saturated heterocycles. The minimum Gasteiger partial charge on any atom is -0.395 e. The van der Waals surface area contributed by atoms with Crippen molar-refractivity contribution in [1.29, 1.82) is 0 Å². The second kappa shape index (κ2) is 6.66. The maximum absolute atomic E-state index is 8.70. The Morgan fingerprint density at radius 3 is 2.83 bits per heavy atom. The quantitative estimate of drug-likeness (QED) is 0.692. The van der Waals surface area contributed by atoms with Crippen molar-refractivity contribution >= 4 is 12.4 Å². The van der Waals surface area contributed by atoms with Gasteiger partial charge in [0.15, 0.2) is 0 Å². The Morgan fingerprint density at radius 2 is 2.33 bits per heavy atom. The highest BCUT2D eigenvalue weighted by atomic mass is 35.5. The third-order valence-corrected chi connectivity index (χ3v) is 2.13. The van der Waals surface area contributed by atoms with Crippen LogP contribution in [0.1, 0.15) is 19.3 Å². The fourth-order valence-corrected chi connectivity index (χ4v) is 1.50. The van der Waals surface area contributed by atoms with Crippen LogP contribution in [0.25, 0.3) is 0 Å². The number of aliphatic hydroxyl groups is 1. The van der Waals surface area contributed by atoms with E-state index >= 15 is 0 Å². The van der Waals surface area contributed by atoms with Gasteiger partial charge in [-0.2, -0.15) is 0 Å². The molecular formula is C8H18ClNO2. The lowest BCUT2D eigenvalue weighted by molar-refractivity contribution is 0.0464. The Bertz CT molecular complexity index is 107. The number of aliphatic hydroxyl groups excluding tert-OH is 1. The van der Waals surface area contributed by atoms with Gasteiger partial charge < -0.3 is 15.6 Å². The number of hydrogen-bond donors (Lipinski definition) is 2. The molecule has 12 heavy (non-hydrogen) atoms. The van der Waals surface area contributed by atoms with Crippen LogP contribution in [0.15, 0.2) is 0 Å². The van der Waals surface area contributed by atoms with E-state index in [1.807, 2.05) is 0 Å². The van der Waals surface area contributed by atoms with E-state index in [9.17, 15) is 0 Å². The first-order valence-electron chi connectivity index (χ1n) is 4.27. The molecule has 0 aromatic heterocycles. The average molecular weight is 196 g/mol. The molecule has 3 nitrogen and oxygen atoms in total. The largest absolute Gasteiger partial charge is 0.395 e. The minimum absolute atomic E-state index is 0. The first-order chi connectivity index (χ1) is 5.33. The molecule has 0 aromatic carbocycles. The van der Waals surface area contributed by atoms with Crippen molar-refractivity contribution < 1.29 is 9.84 Å². The van der Waals surface area contributed by atoms with Gasteiger partial charge in [0, 0.05) is 19.3 Å². The molecule has 1 unspecified atom stereocenters. The van der Waals surface area contributed by atoms with Gasteiger partial charge in [0.05, 0.1) is 6.61 Å². The van der Waals surface area contributed by atoms with E-state index in [1.165, 1.54) is 6.42 Å². The van der Waals surface area contributed by atoms with Gasteiger partial charge in [0.1, 0.15) is 0 Å². The van der Waals surface area contributed by atoms with Gasteiger partial charge in [-0.15, -0.1) is 12.4 Å². The zero-order valence-corrected chi connectivity index (χ0v) is 8.05. The summed E-state index contributed by atoms with van der Waals surface area (Å²) in [5.41, 5.74) is 5.60. The number of rotatable bonds is 3. The Balaban J connectivity index is 0.00000121. The molecule has 4 heteroatoms. The van der Waals surface area contributed by atoms with Crippen LogP contribution in [-0.2, 0) is 4.74 Å². The van der Waals surface area contributed by atoms with Crippen molar-refractivity contribution in [3.8, 4) is 0 Å². The third kappa shape index (κ3) is 4.26. The lowest BCUT2D eigenvalue weighted by atomic mass is 9.95. The van der Waals surface area contributed by atoms with Gasteiger partial charge in [0.2, 0.25) is 0 Å². The maximum Gasteiger partial charge on any atom is 0.0582 e. The summed E-state index contributed by atoms with van der Waals surface area (Å²) < 4.78 is 5.29. The molecule has 0 aromatic rings. The van der Waals surface area contributed by atoms with Gasteiger partial charge in [-0.05, 0) is 25.2 Å². The monoisotopic (exact) mass is 195 g/mol. The molecule has 0 saturated carbocycles. The first-order valence-corrected chi connectivity index (χ1v) is 4.27. The van der Waals surface area contributed by atoms with Gasteiger partial charge in [-0.3, -0.25) is 0 Å². The van der Waals surface area contributed by atoms with Crippen molar-refractivity contribution in [2.45, 2.75) is 25.3 Å². The van der Waals surface area contributed by atoms with Gasteiger partial charge in [0.25, 0.3) is 0 Å². The van der Waals surface area contributed by atoms with Crippen molar-refractivity contribution in [1.82, 2.24) is 0 Å². The van der Waals surface area contributed by atoms with E-state index in [1.54, 1.807) is 0 Å². The number of nitrogens with two attached hydrogens (primary N) is 1. The van der Waals surface area contributed by atoms with E-state index < -0.39 is 0 Å². The van der Waals surface area contributed by atoms with E-state index in [2.05, 4.69) is 0 Å². The summed E-state index contributed by atoms with van der Waals surface area (Å²) in [7, 11) is 0. The molecule has 1 aliphatic rings. The SMILES string of the molecule is Cl.N[C@H](CO)CC1CCCOC1. The smallest absolute Gasteiger partial charge is 0.0582 e. The average Bonchev–Trinajstić information content (AvgIpc) is 2.06. The fourth-order valence-electron chi connectivity index (χ4n) is 1.50. The standard InChI is InChI=1S/C8H17NO2.ClH/c9-8(5-10)4-7-2-1-3-11-6-7;/h7-8,10H,1-6,9H2;1H/t7?,8-;/m0./s1. The molecule has 74 valence electrons. The molecule has 1 aliphatic heterocycles. The van der Waals surface area contributed by atoms with E-state index in [-0.39, 0.29) is 25.1 Å². The van der Waals surface area contributed by atoms with Crippen molar-refractivity contribution in [2.75, 3.05) is 19.8 Å². The normalized spacial score (nSPS) is 26.0. The second-order valence-corrected chi connectivity index (χ2v) is 3.26. The topological polar surface area (TPSA) is 55.5 Å². The summed E-state index contributed by atoms with van der Waals surface area (Å²) in [6.07, 6.45) is 3.24. The van der Waals surface area contributed by atoms with Gasteiger partial charge in [-0.25, -0.2) is 0 Å². The van der Waals surface area contributed by atoms with E-state index in [0.29, 0.717) is 5.92 Å². The van der Waals surface area contributed by atoms with Crippen LogP contribution in [-0.4, -0.2) is 31.0 Å². The molecule has 1 fully saturated rings. The number of hydrogen-bond acceptors (Lipinski definition) is 3. The predicted molar refractivity (Wildman–Crippen MR) is 50.5 cm³/mol. The molecule has 1 rings (SSSR count). The van der Waals surface area contributed by atoms with Crippen LogP contribution >= 0.6 is 12.4 Å². The summed E-state index contributed by atoms with van der Waals surface area (Å²) in [4.78, 5) is 0. The highest BCUT2D eigenvalue weighted by Crippen LogP contribution is 2.17. The molecule has 0 aliphatic carbocycles. The highest BCUT2D eigenvalue weighted by molar-refractivity contribution is 5.85. The highest BCUT2D eigenvalue weighted by Gasteiger charge is 2.16. The molecule has 3 N–H and O–H groups in total. The first kappa shape index (κ1) is 12.2. The Hall–Kier alpha value is 0.170. The Morgan fingerprint density at radius 1 is 1.58 bits per heavy atom. The fraction of sp³-hybridized carbons (Fsp3) is 1.00. The maximum atomic E-state index is 8.70. The summed E-state index contributed by atoms with van der Waals surface area (Å²) >= 11 is 0. The lowest BCUT2D eigenvalue weighted by Gasteiger charge is -2.23. The molecule has 0 spiro atoms. The van der Waals surface area contributed by atoms with E-state index in [4.69, 9.17) is 15.6 Å². The van der Waals surface area contributed by atoms with Crippen LogP contribution < -0.4 is 5.73 Å². The molecule has 0 radical (unpaired) electrons. The van der Waals surface area contributed by atoms with Crippen LogP contribution in [0.3, 0.4) is 0 Å².